The lowest BCUT2D eigenvalue weighted by Gasteiger charge is -2.03. The van der Waals surface area contributed by atoms with E-state index in [0.29, 0.717) is 12.4 Å². The van der Waals surface area contributed by atoms with Gasteiger partial charge >= 0.3 is 0 Å². The third-order valence-corrected chi connectivity index (χ3v) is 4.41. The SMILES string of the molecule is Fc1ccc(OCc2nc(CSc3ncc[nH]3)cs2)cc1. The van der Waals surface area contributed by atoms with Crippen LogP contribution in [0.3, 0.4) is 0 Å². The number of nitrogens with zero attached hydrogens (tertiary/aromatic N) is 2. The summed E-state index contributed by atoms with van der Waals surface area (Å²) in [5.74, 6) is 1.13. The molecule has 3 aromatic rings. The van der Waals surface area contributed by atoms with E-state index < -0.39 is 0 Å². The predicted octanol–water partition coefficient (Wildman–Crippen LogP) is 3.88. The molecule has 1 N–H and O–H groups in total. The number of thioether (sulfide) groups is 1. The zero-order valence-corrected chi connectivity index (χ0v) is 12.6. The van der Waals surface area contributed by atoms with Gasteiger partial charge in [-0.3, -0.25) is 0 Å². The van der Waals surface area contributed by atoms with Crippen molar-refractivity contribution < 1.29 is 9.13 Å². The van der Waals surface area contributed by atoms with Gasteiger partial charge in [0.15, 0.2) is 5.16 Å². The first-order valence-electron chi connectivity index (χ1n) is 6.23. The smallest absolute Gasteiger partial charge is 0.165 e. The van der Waals surface area contributed by atoms with Crippen molar-refractivity contribution in [3.05, 3.63) is 58.6 Å². The summed E-state index contributed by atoms with van der Waals surface area (Å²) in [5, 5.41) is 3.79. The highest BCUT2D eigenvalue weighted by molar-refractivity contribution is 7.98. The minimum absolute atomic E-state index is 0.270. The summed E-state index contributed by atoms with van der Waals surface area (Å²) in [5.41, 5.74) is 0.999. The number of aromatic amines is 1. The van der Waals surface area contributed by atoms with Crippen LogP contribution >= 0.6 is 23.1 Å². The zero-order chi connectivity index (χ0) is 14.5. The predicted molar refractivity (Wildman–Crippen MR) is 81.0 cm³/mol. The van der Waals surface area contributed by atoms with E-state index >= 15 is 0 Å². The van der Waals surface area contributed by atoms with Gasteiger partial charge in [-0.15, -0.1) is 11.3 Å². The molecule has 0 saturated heterocycles. The molecular formula is C14H12FN3OS2. The van der Waals surface area contributed by atoms with E-state index in [1.807, 2.05) is 5.38 Å². The van der Waals surface area contributed by atoms with Crippen LogP contribution in [0.25, 0.3) is 0 Å². The molecule has 3 rings (SSSR count). The van der Waals surface area contributed by atoms with Crippen molar-refractivity contribution in [3.63, 3.8) is 0 Å². The molecule has 2 heterocycles. The van der Waals surface area contributed by atoms with E-state index in [4.69, 9.17) is 4.74 Å². The van der Waals surface area contributed by atoms with Crippen LogP contribution in [0, 0.1) is 5.82 Å². The lowest BCUT2D eigenvalue weighted by Crippen LogP contribution is -1.95. The molecule has 0 amide bonds. The molecule has 0 atom stereocenters. The third kappa shape index (κ3) is 4.05. The topological polar surface area (TPSA) is 50.8 Å². The normalized spacial score (nSPS) is 10.7. The molecule has 2 aromatic heterocycles. The average molecular weight is 321 g/mol. The van der Waals surface area contributed by atoms with Crippen molar-refractivity contribution in [3.8, 4) is 5.75 Å². The summed E-state index contributed by atoms with van der Waals surface area (Å²) in [6.07, 6.45) is 3.52. The Bertz CT molecular complexity index is 683. The third-order valence-electron chi connectivity index (χ3n) is 2.61. The Morgan fingerprint density at radius 3 is 2.90 bits per heavy atom. The van der Waals surface area contributed by atoms with Gasteiger partial charge in [-0.25, -0.2) is 14.4 Å². The fourth-order valence-corrected chi connectivity index (χ4v) is 3.16. The Labute approximate surface area is 129 Å². The molecule has 0 fully saturated rings. The average Bonchev–Trinajstić information content (AvgIpc) is 3.16. The van der Waals surface area contributed by atoms with Crippen molar-refractivity contribution in [2.45, 2.75) is 17.5 Å². The fourth-order valence-electron chi connectivity index (χ4n) is 1.63. The van der Waals surface area contributed by atoms with Crippen LogP contribution in [0.5, 0.6) is 5.75 Å². The van der Waals surface area contributed by atoms with Gasteiger partial charge in [0.1, 0.15) is 23.2 Å². The van der Waals surface area contributed by atoms with Gasteiger partial charge in [-0.05, 0) is 24.3 Å². The Morgan fingerprint density at radius 1 is 1.29 bits per heavy atom. The summed E-state index contributed by atoms with van der Waals surface area (Å²) >= 11 is 3.16. The maximum Gasteiger partial charge on any atom is 0.165 e. The highest BCUT2D eigenvalue weighted by Gasteiger charge is 2.05. The van der Waals surface area contributed by atoms with Crippen LogP contribution < -0.4 is 4.74 Å². The molecule has 0 aliphatic carbocycles. The van der Waals surface area contributed by atoms with E-state index in [1.165, 1.54) is 12.1 Å². The van der Waals surface area contributed by atoms with E-state index in [-0.39, 0.29) is 5.82 Å². The van der Waals surface area contributed by atoms with E-state index in [1.54, 1.807) is 47.6 Å². The summed E-state index contributed by atoms with van der Waals surface area (Å²) in [6.45, 7) is 0.391. The highest BCUT2D eigenvalue weighted by atomic mass is 32.2. The standard InChI is InChI=1S/C14H12FN3OS2/c15-10-1-3-12(4-2-10)19-7-13-18-11(8-20-13)9-21-14-16-5-6-17-14/h1-6,8H,7,9H2,(H,16,17). The molecule has 0 radical (unpaired) electrons. The van der Waals surface area contributed by atoms with E-state index in [9.17, 15) is 4.39 Å². The van der Waals surface area contributed by atoms with Crippen LogP contribution in [-0.2, 0) is 12.4 Å². The number of aromatic nitrogens is 3. The lowest BCUT2D eigenvalue weighted by atomic mass is 10.3. The Morgan fingerprint density at radius 2 is 2.14 bits per heavy atom. The molecule has 0 aliphatic rings. The van der Waals surface area contributed by atoms with Crippen LogP contribution in [0.1, 0.15) is 10.7 Å². The number of ether oxygens (including phenoxy) is 1. The number of benzene rings is 1. The second-order valence-electron chi connectivity index (χ2n) is 4.16. The largest absolute Gasteiger partial charge is 0.486 e. The van der Waals surface area contributed by atoms with Crippen molar-refractivity contribution in [2.75, 3.05) is 0 Å². The molecule has 21 heavy (non-hydrogen) atoms. The van der Waals surface area contributed by atoms with Gasteiger partial charge in [0, 0.05) is 23.5 Å². The number of nitrogens with one attached hydrogen (secondary N) is 1. The van der Waals surface area contributed by atoms with Crippen LogP contribution in [0.15, 0.2) is 47.2 Å². The summed E-state index contributed by atoms with van der Waals surface area (Å²) in [7, 11) is 0. The second kappa shape index (κ2) is 6.73. The number of rotatable bonds is 6. The van der Waals surface area contributed by atoms with E-state index in [2.05, 4.69) is 15.0 Å². The lowest BCUT2D eigenvalue weighted by molar-refractivity contribution is 0.305. The first kappa shape index (κ1) is 14.1. The maximum atomic E-state index is 12.8. The highest BCUT2D eigenvalue weighted by Crippen LogP contribution is 2.21. The minimum Gasteiger partial charge on any atom is -0.486 e. The molecule has 7 heteroatoms. The Hall–Kier alpha value is -1.86. The van der Waals surface area contributed by atoms with Gasteiger partial charge in [-0.1, -0.05) is 11.8 Å². The number of imidazole rings is 1. The van der Waals surface area contributed by atoms with Gasteiger partial charge in [0.2, 0.25) is 0 Å². The van der Waals surface area contributed by atoms with Crippen LogP contribution in [-0.4, -0.2) is 15.0 Å². The maximum absolute atomic E-state index is 12.8. The van der Waals surface area contributed by atoms with Gasteiger partial charge in [0.05, 0.1) is 5.69 Å². The fraction of sp³-hybridized carbons (Fsp3) is 0.143. The van der Waals surface area contributed by atoms with E-state index in [0.717, 1.165) is 21.6 Å². The van der Waals surface area contributed by atoms with Gasteiger partial charge < -0.3 is 9.72 Å². The van der Waals surface area contributed by atoms with Gasteiger partial charge in [-0.2, -0.15) is 0 Å². The number of hydrogen-bond acceptors (Lipinski definition) is 5. The summed E-state index contributed by atoms with van der Waals surface area (Å²) < 4.78 is 18.3. The van der Waals surface area contributed by atoms with Gasteiger partial charge in [0.25, 0.3) is 0 Å². The molecule has 108 valence electrons. The first-order chi connectivity index (χ1) is 10.3. The second-order valence-corrected chi connectivity index (χ2v) is 6.06. The van der Waals surface area contributed by atoms with Crippen molar-refractivity contribution >= 4 is 23.1 Å². The minimum atomic E-state index is -0.270. The zero-order valence-electron chi connectivity index (χ0n) is 11.0. The van der Waals surface area contributed by atoms with Crippen molar-refractivity contribution in [1.29, 1.82) is 0 Å². The molecule has 0 unspecified atom stereocenters. The molecule has 4 nitrogen and oxygen atoms in total. The quantitative estimate of drug-likeness (QED) is 0.700. The number of hydrogen-bond donors (Lipinski definition) is 1. The summed E-state index contributed by atoms with van der Waals surface area (Å²) in [4.78, 5) is 11.7. The van der Waals surface area contributed by atoms with Crippen molar-refractivity contribution in [1.82, 2.24) is 15.0 Å². The number of thiazole rings is 1. The number of halogens is 1. The first-order valence-corrected chi connectivity index (χ1v) is 8.10. The Balaban J connectivity index is 1.51. The molecular weight excluding hydrogens is 309 g/mol. The van der Waals surface area contributed by atoms with Crippen LogP contribution in [0.4, 0.5) is 4.39 Å². The Kier molecular flexibility index (Phi) is 4.52. The molecule has 0 saturated carbocycles. The summed E-state index contributed by atoms with van der Waals surface area (Å²) in [6, 6.07) is 5.97. The molecule has 0 bridgehead atoms. The molecule has 0 spiro atoms. The monoisotopic (exact) mass is 321 g/mol. The van der Waals surface area contributed by atoms with Crippen LogP contribution in [0.2, 0.25) is 0 Å². The number of H-pyrrole nitrogens is 1. The van der Waals surface area contributed by atoms with Crippen molar-refractivity contribution in [2.24, 2.45) is 0 Å². The molecule has 0 aliphatic heterocycles. The molecule has 1 aromatic carbocycles.